The van der Waals surface area contributed by atoms with Gasteiger partial charge >= 0.3 is 0 Å². The number of benzene rings is 5. The maximum Gasteiger partial charge on any atom is 0.229 e. The Hall–Kier alpha value is -4.30. The molecule has 1 saturated heterocycles. The van der Waals surface area contributed by atoms with Crippen molar-refractivity contribution >= 4 is 0 Å². The second kappa shape index (κ2) is 17.0. The smallest absolute Gasteiger partial charge is 0.229 e. The molecule has 3 unspecified atom stereocenters. The lowest BCUT2D eigenvalue weighted by Crippen LogP contribution is -2.62. The number of hydrogen-bond acceptors (Lipinski definition) is 6. The summed E-state index contributed by atoms with van der Waals surface area (Å²) in [5.74, 6) is 0.722. The molecule has 0 N–H and O–H groups in total. The molecule has 6 heteroatoms. The van der Waals surface area contributed by atoms with E-state index in [0.29, 0.717) is 26.4 Å². The first-order valence-corrected chi connectivity index (χ1v) is 16.2. The van der Waals surface area contributed by atoms with Gasteiger partial charge in [0, 0.05) is 0 Å². The van der Waals surface area contributed by atoms with E-state index >= 15 is 0 Å². The average molecular weight is 631 g/mol. The fraction of sp³-hybridized carbons (Fsp3) is 0.268. The van der Waals surface area contributed by atoms with Crippen LogP contribution in [-0.2, 0) is 50.1 Å². The van der Waals surface area contributed by atoms with Crippen LogP contribution in [0.15, 0.2) is 146 Å². The first-order valence-electron chi connectivity index (χ1n) is 16.2. The molecule has 0 radical (unpaired) electrons. The normalized spacial score (nSPS) is 20.9. The third kappa shape index (κ3) is 9.38. The number of rotatable bonds is 15. The van der Waals surface area contributed by atoms with Gasteiger partial charge in [0.05, 0.1) is 33.0 Å². The predicted molar refractivity (Wildman–Crippen MR) is 182 cm³/mol. The molecule has 0 amide bonds. The summed E-state index contributed by atoms with van der Waals surface area (Å²) in [6.07, 6.45) is -2.98. The van der Waals surface area contributed by atoms with Gasteiger partial charge in [0.2, 0.25) is 6.29 Å². The minimum atomic E-state index is -0.789. The summed E-state index contributed by atoms with van der Waals surface area (Å²) >= 11 is 0. The molecule has 6 nitrogen and oxygen atoms in total. The lowest BCUT2D eigenvalue weighted by atomic mass is 9.97. The van der Waals surface area contributed by atoms with Crippen molar-refractivity contribution in [2.45, 2.75) is 64.1 Å². The second-order valence-corrected chi connectivity index (χ2v) is 11.7. The SMILES string of the molecule is Cc1ccccc1O[C@@H]1OC(COCc2ccccc2)[C@@H](OCc2ccccc2)C(OCc2ccccc2)C1OCc1ccccc1. The van der Waals surface area contributed by atoms with E-state index in [9.17, 15) is 0 Å². The maximum atomic E-state index is 6.80. The molecule has 242 valence electrons. The van der Waals surface area contributed by atoms with Crippen LogP contribution in [0.5, 0.6) is 5.75 Å². The van der Waals surface area contributed by atoms with Crippen molar-refractivity contribution in [3.63, 3.8) is 0 Å². The van der Waals surface area contributed by atoms with Gasteiger partial charge in [-0.05, 0) is 40.8 Å². The van der Waals surface area contributed by atoms with Crippen molar-refractivity contribution < 1.29 is 28.4 Å². The number of aryl methyl sites for hydroxylation is 1. The van der Waals surface area contributed by atoms with Crippen LogP contribution < -0.4 is 4.74 Å². The van der Waals surface area contributed by atoms with Crippen LogP contribution in [0.25, 0.3) is 0 Å². The molecule has 1 heterocycles. The van der Waals surface area contributed by atoms with Crippen LogP contribution in [0.3, 0.4) is 0 Å². The highest BCUT2D eigenvalue weighted by Crippen LogP contribution is 2.33. The van der Waals surface area contributed by atoms with Gasteiger partial charge in [0.25, 0.3) is 0 Å². The fourth-order valence-electron chi connectivity index (χ4n) is 5.66. The van der Waals surface area contributed by atoms with E-state index < -0.39 is 30.7 Å². The molecule has 0 saturated carbocycles. The van der Waals surface area contributed by atoms with Gasteiger partial charge in [-0.1, -0.05) is 140 Å². The molecular weight excluding hydrogens is 588 g/mol. The monoisotopic (exact) mass is 630 g/mol. The van der Waals surface area contributed by atoms with Crippen LogP contribution in [0.4, 0.5) is 0 Å². The van der Waals surface area contributed by atoms with E-state index in [2.05, 4.69) is 36.4 Å². The minimum absolute atomic E-state index is 0.276. The van der Waals surface area contributed by atoms with E-state index in [4.69, 9.17) is 28.4 Å². The average Bonchev–Trinajstić information content (AvgIpc) is 3.12. The highest BCUT2D eigenvalue weighted by atomic mass is 16.7. The standard InChI is InChI=1S/C41H42O6/c1-31-16-14-15-25-36(31)46-41-40(45-29-35-23-12-5-13-24-35)39(44-28-34-21-10-4-11-22-34)38(43-27-33-19-8-3-9-20-33)37(47-41)30-42-26-32-17-6-2-7-18-32/h2-25,37-41H,26-30H2,1H3/t37?,38-,39?,40?,41-/m1/s1. The quantitative estimate of drug-likeness (QED) is 0.117. The van der Waals surface area contributed by atoms with Crippen molar-refractivity contribution in [1.29, 1.82) is 0 Å². The van der Waals surface area contributed by atoms with E-state index in [-0.39, 0.29) is 6.61 Å². The minimum Gasteiger partial charge on any atom is -0.462 e. The fourth-order valence-corrected chi connectivity index (χ4v) is 5.66. The Morgan fingerprint density at radius 1 is 0.468 bits per heavy atom. The molecule has 47 heavy (non-hydrogen) atoms. The molecule has 0 aliphatic carbocycles. The Morgan fingerprint density at radius 2 is 0.894 bits per heavy atom. The molecule has 0 aromatic heterocycles. The first kappa shape index (κ1) is 32.6. The Balaban J connectivity index is 1.32. The number of hydrogen-bond donors (Lipinski definition) is 0. The van der Waals surface area contributed by atoms with Crippen LogP contribution >= 0.6 is 0 Å². The van der Waals surface area contributed by atoms with Gasteiger partial charge in [0.1, 0.15) is 30.2 Å². The van der Waals surface area contributed by atoms with Crippen molar-refractivity contribution in [2.24, 2.45) is 0 Å². The van der Waals surface area contributed by atoms with Gasteiger partial charge in [-0.3, -0.25) is 0 Å². The van der Waals surface area contributed by atoms with Crippen molar-refractivity contribution in [3.05, 3.63) is 173 Å². The predicted octanol–water partition coefficient (Wildman–Crippen LogP) is 8.07. The Bertz CT molecular complexity index is 1600. The lowest BCUT2D eigenvalue weighted by Gasteiger charge is -2.45. The first-order chi connectivity index (χ1) is 23.2. The van der Waals surface area contributed by atoms with Gasteiger partial charge in [-0.15, -0.1) is 0 Å². The van der Waals surface area contributed by atoms with E-state index in [1.54, 1.807) is 0 Å². The molecule has 5 aromatic carbocycles. The molecule has 1 aliphatic heterocycles. The molecule has 1 fully saturated rings. The van der Waals surface area contributed by atoms with Crippen LogP contribution in [-0.4, -0.2) is 37.3 Å². The second-order valence-electron chi connectivity index (χ2n) is 11.7. The van der Waals surface area contributed by atoms with Crippen molar-refractivity contribution in [3.8, 4) is 5.75 Å². The van der Waals surface area contributed by atoms with Crippen molar-refractivity contribution in [1.82, 2.24) is 0 Å². The molecule has 1 aliphatic rings. The van der Waals surface area contributed by atoms with E-state index in [0.717, 1.165) is 33.6 Å². The number of para-hydroxylation sites is 1. The lowest BCUT2D eigenvalue weighted by molar-refractivity contribution is -0.310. The molecule has 5 atom stereocenters. The Labute approximate surface area is 277 Å². The van der Waals surface area contributed by atoms with Crippen LogP contribution in [0.2, 0.25) is 0 Å². The largest absolute Gasteiger partial charge is 0.462 e. The molecule has 5 aromatic rings. The summed E-state index contributed by atoms with van der Waals surface area (Å²) in [6, 6.07) is 48.4. The Morgan fingerprint density at radius 3 is 1.40 bits per heavy atom. The summed E-state index contributed by atoms with van der Waals surface area (Å²) in [5, 5.41) is 0. The van der Waals surface area contributed by atoms with Crippen LogP contribution in [0, 0.1) is 6.92 Å². The highest BCUT2D eigenvalue weighted by molar-refractivity contribution is 5.32. The maximum absolute atomic E-state index is 6.80. The van der Waals surface area contributed by atoms with Gasteiger partial charge in [0.15, 0.2) is 0 Å². The number of ether oxygens (including phenoxy) is 6. The zero-order valence-corrected chi connectivity index (χ0v) is 26.7. The molecule has 6 rings (SSSR count). The molecular formula is C41H42O6. The molecule has 0 bridgehead atoms. The molecule has 0 spiro atoms. The van der Waals surface area contributed by atoms with Gasteiger partial charge < -0.3 is 28.4 Å². The summed E-state index contributed by atoms with van der Waals surface area (Å²) in [6.45, 7) is 3.85. The van der Waals surface area contributed by atoms with E-state index in [1.807, 2.05) is 116 Å². The zero-order chi connectivity index (χ0) is 32.1. The summed E-state index contributed by atoms with van der Waals surface area (Å²) in [5.41, 5.74) is 5.23. The topological polar surface area (TPSA) is 55.4 Å². The van der Waals surface area contributed by atoms with Crippen molar-refractivity contribution in [2.75, 3.05) is 6.61 Å². The highest BCUT2D eigenvalue weighted by Gasteiger charge is 2.50. The zero-order valence-electron chi connectivity index (χ0n) is 26.7. The van der Waals surface area contributed by atoms with Gasteiger partial charge in [-0.25, -0.2) is 0 Å². The Kier molecular flexibility index (Phi) is 11.8. The summed E-state index contributed by atoms with van der Waals surface area (Å²) < 4.78 is 39.9. The third-order valence-corrected chi connectivity index (χ3v) is 8.18. The van der Waals surface area contributed by atoms with Gasteiger partial charge in [-0.2, -0.15) is 0 Å². The summed E-state index contributed by atoms with van der Waals surface area (Å²) in [7, 11) is 0. The summed E-state index contributed by atoms with van der Waals surface area (Å²) in [4.78, 5) is 0. The van der Waals surface area contributed by atoms with E-state index in [1.165, 1.54) is 0 Å². The third-order valence-electron chi connectivity index (χ3n) is 8.18. The van der Waals surface area contributed by atoms with Crippen LogP contribution in [0.1, 0.15) is 27.8 Å².